The third-order valence-corrected chi connectivity index (χ3v) is 9.97. The van der Waals surface area contributed by atoms with Crippen LogP contribution in [0, 0.1) is 23.7 Å². The minimum Gasteiger partial charge on any atom is -0.453 e. The molecule has 2 fully saturated rings. The molecule has 4 atom stereocenters. The molecule has 14 nitrogen and oxygen atoms in total. The van der Waals surface area contributed by atoms with E-state index in [1.807, 2.05) is 81.3 Å². The Bertz CT molecular complexity index is 2040. The summed E-state index contributed by atoms with van der Waals surface area (Å²) in [5, 5.41) is 2.69. The standard InChI is InChI=1S/C40H48N8O6/c1-24(2)34(42-23-54-53-6)38(49)48-20-8-10-33(48)37-43-29-18-15-27(21-30(29)44-37)12-11-26-13-16-28(17-14-26)31-22-41-36(45-31)32-9-7-19-47(32)39(50)35(25(3)4)46-40(51)52-5/h13-18,21-25,32-35H,7-10,19-20H2,1-6H3,(H,41,45)(H,43,44)(H,46,51)/b42-23+/t32-,33-,34+,35-/m0/s1. The maximum Gasteiger partial charge on any atom is 0.407 e. The van der Waals surface area contributed by atoms with E-state index in [0.717, 1.165) is 64.9 Å². The predicted molar refractivity (Wildman–Crippen MR) is 203 cm³/mol. The molecule has 2 aromatic carbocycles. The number of fused-ring (bicyclic) bond motifs is 1. The fourth-order valence-corrected chi connectivity index (χ4v) is 7.12. The third-order valence-electron chi connectivity index (χ3n) is 9.97. The highest BCUT2D eigenvalue weighted by Crippen LogP contribution is 2.34. The number of H-pyrrole nitrogens is 2. The van der Waals surface area contributed by atoms with Crippen molar-refractivity contribution in [2.24, 2.45) is 16.8 Å². The molecule has 0 bridgehead atoms. The number of aromatic amines is 2. The third kappa shape index (κ3) is 8.42. The van der Waals surface area contributed by atoms with Crippen molar-refractivity contribution in [1.29, 1.82) is 0 Å². The first-order valence-corrected chi connectivity index (χ1v) is 18.4. The Morgan fingerprint density at radius 1 is 0.889 bits per heavy atom. The van der Waals surface area contributed by atoms with Gasteiger partial charge < -0.3 is 34.7 Å². The number of benzene rings is 2. The van der Waals surface area contributed by atoms with Crippen molar-refractivity contribution in [3.63, 3.8) is 0 Å². The SMILES string of the molecule is COO/C=N/[C@@H](C(=O)N1CCC[C@H]1c1nc2cc(C#Cc3ccc(-c4c[nH]c([C@@H]5CCCN5C(=O)[C@@H](NC(=O)OC)C(C)C)n4)cc3)ccc2[nH]1)C(C)C. The minimum atomic E-state index is -0.688. The number of nitrogens with one attached hydrogen (secondary N) is 3. The second-order valence-corrected chi connectivity index (χ2v) is 14.3. The molecule has 2 aromatic heterocycles. The number of methoxy groups -OCH3 is 1. The van der Waals surface area contributed by atoms with Gasteiger partial charge in [0.05, 0.1) is 43.0 Å². The monoisotopic (exact) mass is 736 g/mol. The van der Waals surface area contributed by atoms with Gasteiger partial charge in [0, 0.05) is 36.0 Å². The Morgan fingerprint density at radius 3 is 2.22 bits per heavy atom. The zero-order valence-electron chi connectivity index (χ0n) is 31.6. The number of likely N-dealkylation sites (tertiary alicyclic amines) is 2. The molecule has 3 amide bonds. The van der Waals surface area contributed by atoms with Crippen LogP contribution in [0.2, 0.25) is 0 Å². The second-order valence-electron chi connectivity index (χ2n) is 14.3. The summed E-state index contributed by atoms with van der Waals surface area (Å²) in [6, 6.07) is 12.1. The smallest absolute Gasteiger partial charge is 0.407 e. The molecule has 4 heterocycles. The number of aliphatic imine (C=N–C) groups is 1. The Hall–Kier alpha value is -5.68. The Balaban J connectivity index is 1.12. The summed E-state index contributed by atoms with van der Waals surface area (Å²) in [4.78, 5) is 72.8. The highest BCUT2D eigenvalue weighted by molar-refractivity contribution is 5.86. The molecule has 2 aliphatic heterocycles. The van der Waals surface area contributed by atoms with Gasteiger partial charge in [-0.3, -0.25) is 9.59 Å². The average Bonchev–Trinajstić information content (AvgIpc) is 4.00. The van der Waals surface area contributed by atoms with Crippen LogP contribution in [0.5, 0.6) is 0 Å². The topological polar surface area (TPSA) is 167 Å². The van der Waals surface area contributed by atoms with Crippen molar-refractivity contribution in [3.05, 3.63) is 71.4 Å². The van der Waals surface area contributed by atoms with Crippen molar-refractivity contribution in [2.45, 2.75) is 77.5 Å². The van der Waals surface area contributed by atoms with Crippen LogP contribution >= 0.6 is 0 Å². The predicted octanol–water partition coefficient (Wildman–Crippen LogP) is 5.69. The maximum atomic E-state index is 13.5. The number of aromatic nitrogens is 4. The number of imidazole rings is 2. The number of nitrogens with zero attached hydrogens (tertiary/aromatic N) is 5. The molecular weight excluding hydrogens is 688 g/mol. The van der Waals surface area contributed by atoms with Crippen LogP contribution in [0.25, 0.3) is 22.3 Å². The number of hydrogen-bond acceptors (Lipinski definition) is 9. The zero-order chi connectivity index (χ0) is 38.4. The minimum absolute atomic E-state index is 0.0175. The summed E-state index contributed by atoms with van der Waals surface area (Å²) in [7, 11) is 2.68. The van der Waals surface area contributed by atoms with E-state index in [4.69, 9.17) is 19.6 Å². The number of hydrogen-bond donors (Lipinski definition) is 3. The lowest BCUT2D eigenvalue weighted by molar-refractivity contribution is -0.188. The van der Waals surface area contributed by atoms with Crippen LogP contribution in [-0.4, -0.2) is 93.4 Å². The molecule has 4 aromatic rings. The molecule has 2 saturated heterocycles. The van der Waals surface area contributed by atoms with Gasteiger partial charge in [-0.15, -0.1) is 0 Å². The van der Waals surface area contributed by atoms with Crippen molar-refractivity contribution < 1.29 is 28.9 Å². The van der Waals surface area contributed by atoms with E-state index < -0.39 is 18.2 Å². The van der Waals surface area contributed by atoms with Crippen LogP contribution in [-0.2, 0) is 24.1 Å². The lowest BCUT2D eigenvalue weighted by Gasteiger charge is -2.29. The molecule has 0 saturated carbocycles. The summed E-state index contributed by atoms with van der Waals surface area (Å²) < 4.78 is 4.75. The molecule has 14 heteroatoms. The molecule has 6 rings (SSSR count). The fourth-order valence-electron chi connectivity index (χ4n) is 7.12. The van der Waals surface area contributed by atoms with Gasteiger partial charge in [-0.25, -0.2) is 19.8 Å². The molecule has 0 unspecified atom stereocenters. The van der Waals surface area contributed by atoms with Crippen LogP contribution in [0.15, 0.2) is 53.7 Å². The first-order chi connectivity index (χ1) is 26.1. The molecule has 0 radical (unpaired) electrons. The van der Waals surface area contributed by atoms with Gasteiger partial charge in [0.2, 0.25) is 18.2 Å². The van der Waals surface area contributed by atoms with Gasteiger partial charge in [0.1, 0.15) is 23.7 Å². The van der Waals surface area contributed by atoms with Crippen molar-refractivity contribution in [3.8, 4) is 23.1 Å². The molecule has 0 spiro atoms. The highest BCUT2D eigenvalue weighted by Gasteiger charge is 2.38. The summed E-state index contributed by atoms with van der Waals surface area (Å²) >= 11 is 0. The van der Waals surface area contributed by atoms with E-state index >= 15 is 0 Å². The van der Waals surface area contributed by atoms with Crippen LogP contribution < -0.4 is 5.32 Å². The van der Waals surface area contributed by atoms with Crippen LogP contribution in [0.4, 0.5) is 4.79 Å². The lowest BCUT2D eigenvalue weighted by atomic mass is 10.0. The van der Waals surface area contributed by atoms with Crippen molar-refractivity contribution in [2.75, 3.05) is 27.3 Å². The van der Waals surface area contributed by atoms with Gasteiger partial charge in [-0.05, 0) is 67.9 Å². The first-order valence-electron chi connectivity index (χ1n) is 18.4. The van der Waals surface area contributed by atoms with E-state index in [-0.39, 0.29) is 35.7 Å². The van der Waals surface area contributed by atoms with E-state index in [2.05, 4.69) is 37.0 Å². The van der Waals surface area contributed by atoms with Crippen LogP contribution in [0.3, 0.4) is 0 Å². The highest BCUT2D eigenvalue weighted by atomic mass is 17.2. The number of carbonyl (C=O) groups is 3. The molecular formula is C40H48N8O6. The Labute approximate surface area is 315 Å². The Kier molecular flexibility index (Phi) is 12.0. The number of ether oxygens (including phenoxy) is 1. The number of carbonyl (C=O) groups excluding carboxylic acids is 3. The Morgan fingerprint density at radius 2 is 1.56 bits per heavy atom. The summed E-state index contributed by atoms with van der Waals surface area (Å²) in [6.45, 7) is 8.94. The quantitative estimate of drug-likeness (QED) is 0.0581. The van der Waals surface area contributed by atoms with Gasteiger partial charge in [0.25, 0.3) is 0 Å². The largest absolute Gasteiger partial charge is 0.453 e. The number of amides is 3. The lowest BCUT2D eigenvalue weighted by Crippen LogP contribution is -2.51. The normalized spacial score (nSPS) is 18.3. The maximum absolute atomic E-state index is 13.5. The van der Waals surface area contributed by atoms with E-state index in [0.29, 0.717) is 18.9 Å². The van der Waals surface area contributed by atoms with E-state index in [1.54, 1.807) is 4.90 Å². The summed E-state index contributed by atoms with van der Waals surface area (Å²) in [5.41, 5.74) is 5.03. The molecule has 3 N–H and O–H groups in total. The van der Waals surface area contributed by atoms with Gasteiger partial charge in [0.15, 0.2) is 0 Å². The van der Waals surface area contributed by atoms with E-state index in [9.17, 15) is 14.4 Å². The molecule has 54 heavy (non-hydrogen) atoms. The van der Waals surface area contributed by atoms with Crippen LogP contribution in [0.1, 0.15) is 88.2 Å². The first kappa shape index (κ1) is 38.1. The fraction of sp³-hybridized carbons (Fsp3) is 0.450. The molecule has 0 aliphatic carbocycles. The van der Waals surface area contributed by atoms with Gasteiger partial charge in [-0.2, -0.15) is 4.89 Å². The van der Waals surface area contributed by atoms with Crippen molar-refractivity contribution in [1.82, 2.24) is 35.1 Å². The number of alkyl carbamates (subject to hydrolysis) is 1. The zero-order valence-corrected chi connectivity index (χ0v) is 31.6. The van der Waals surface area contributed by atoms with Crippen molar-refractivity contribution >= 4 is 35.3 Å². The van der Waals surface area contributed by atoms with E-state index in [1.165, 1.54) is 20.6 Å². The second kappa shape index (κ2) is 17.0. The summed E-state index contributed by atoms with van der Waals surface area (Å²) in [5.74, 6) is 7.65. The summed E-state index contributed by atoms with van der Waals surface area (Å²) in [6.07, 6.45) is 5.72. The van der Waals surface area contributed by atoms with Gasteiger partial charge in [-0.1, -0.05) is 51.7 Å². The molecule has 284 valence electrons. The number of rotatable bonds is 11. The molecule has 2 aliphatic rings. The average molecular weight is 737 g/mol. The van der Waals surface area contributed by atoms with Gasteiger partial charge >= 0.3 is 6.09 Å².